The summed E-state index contributed by atoms with van der Waals surface area (Å²) in [5.41, 5.74) is 20.3. The van der Waals surface area contributed by atoms with Gasteiger partial charge in [0.1, 0.15) is 0 Å². The van der Waals surface area contributed by atoms with Crippen molar-refractivity contribution in [3.63, 3.8) is 0 Å². The number of rotatable bonds is 8. The Labute approximate surface area is 392 Å². The van der Waals surface area contributed by atoms with Gasteiger partial charge in [-0.3, -0.25) is 15.0 Å². The average Bonchev–Trinajstić information content (AvgIpc) is 3.96. The maximum Gasteiger partial charge on any atom is 0.159 e. The number of aromatic nitrogens is 8. The molecule has 0 saturated carbocycles. The average molecular weight is 871 g/mol. The van der Waals surface area contributed by atoms with E-state index in [9.17, 15) is 0 Å². The molecular formula is C60H38N8. The normalized spacial score (nSPS) is 11.8. The van der Waals surface area contributed by atoms with E-state index in [-0.39, 0.29) is 0 Å². The summed E-state index contributed by atoms with van der Waals surface area (Å²) >= 11 is 0. The van der Waals surface area contributed by atoms with Crippen LogP contribution in [0.5, 0.6) is 0 Å². The van der Waals surface area contributed by atoms with E-state index in [2.05, 4.69) is 123 Å². The van der Waals surface area contributed by atoms with E-state index in [1.165, 1.54) is 27.8 Å². The quantitative estimate of drug-likeness (QED) is 0.150. The molecule has 0 saturated heterocycles. The number of benzene rings is 6. The minimum absolute atomic E-state index is 0.658. The van der Waals surface area contributed by atoms with Crippen LogP contribution < -0.4 is 0 Å². The van der Waals surface area contributed by atoms with Gasteiger partial charge in [-0.05, 0) is 136 Å². The number of pyridine rings is 3. The molecule has 0 N–H and O–H groups in total. The summed E-state index contributed by atoms with van der Waals surface area (Å²) in [6, 6.07) is 59.4. The first-order valence-corrected chi connectivity index (χ1v) is 22.6. The Morgan fingerprint density at radius 3 is 1.31 bits per heavy atom. The van der Waals surface area contributed by atoms with Gasteiger partial charge < -0.3 is 4.57 Å². The van der Waals surface area contributed by atoms with E-state index < -0.39 is 0 Å². The molecule has 6 aromatic carbocycles. The summed E-state index contributed by atoms with van der Waals surface area (Å²) in [4.78, 5) is 33.5. The lowest BCUT2D eigenvalue weighted by Crippen LogP contribution is -1.98. The second kappa shape index (κ2) is 16.3. The standard InChI is InChI=1S/C60H38N8/c1-3-10-38(11-4-1)55-21-26-64-59(66-55)40-17-19-57-53(28-40)54-29-41(60-65-27-22-56(67-60)39-12-5-2-6-13-39)18-20-58(54)68(57)46-32-48(44-16-9-25-63-37-44)52-34-51-47(43-15-8-24-62-36-43)30-45(31-49(51)50(52)33-46)42-14-7-23-61-35-42/h1-33,35-37H,34H2. The van der Waals surface area contributed by atoms with Crippen molar-refractivity contribution in [2.75, 3.05) is 0 Å². The van der Waals surface area contributed by atoms with E-state index in [0.29, 0.717) is 11.6 Å². The van der Waals surface area contributed by atoms with Gasteiger partial charge >= 0.3 is 0 Å². The lowest BCUT2D eigenvalue weighted by molar-refractivity contribution is 1.16. The van der Waals surface area contributed by atoms with E-state index in [1.807, 2.05) is 116 Å². The molecule has 0 unspecified atom stereocenters. The van der Waals surface area contributed by atoms with Gasteiger partial charge in [-0.1, -0.05) is 78.9 Å². The van der Waals surface area contributed by atoms with Crippen molar-refractivity contribution in [2.24, 2.45) is 0 Å². The SMILES string of the molecule is c1ccc(-c2ccnc(-c3ccc4c(c3)c3cc(-c5nccc(-c6ccccc6)n5)ccc3n4-c3cc(-c4cccnc4)c4c(c3)-c3cc(-c5cccnc5)cc(-c5cccnc5)c3C4)n2)cc1. The Bertz CT molecular complexity index is 3720. The molecule has 0 fully saturated rings. The van der Waals surface area contributed by atoms with Crippen LogP contribution in [0.1, 0.15) is 11.1 Å². The summed E-state index contributed by atoms with van der Waals surface area (Å²) < 4.78 is 2.39. The monoisotopic (exact) mass is 870 g/mol. The molecule has 8 heteroatoms. The molecule has 0 bridgehead atoms. The molecule has 8 nitrogen and oxygen atoms in total. The van der Waals surface area contributed by atoms with Crippen LogP contribution in [0.4, 0.5) is 0 Å². The Balaban J connectivity index is 1.05. The zero-order chi connectivity index (χ0) is 45.0. The Hall–Kier alpha value is -9.27. The van der Waals surface area contributed by atoms with Crippen molar-refractivity contribution in [1.29, 1.82) is 0 Å². The zero-order valence-corrected chi connectivity index (χ0v) is 36.6. The lowest BCUT2D eigenvalue weighted by atomic mass is 9.92. The molecule has 68 heavy (non-hydrogen) atoms. The third-order valence-corrected chi connectivity index (χ3v) is 13.1. The maximum absolute atomic E-state index is 5.08. The van der Waals surface area contributed by atoms with Crippen LogP contribution >= 0.6 is 0 Å². The molecule has 13 rings (SSSR count). The molecule has 6 heterocycles. The van der Waals surface area contributed by atoms with Gasteiger partial charge in [-0.25, -0.2) is 19.9 Å². The highest BCUT2D eigenvalue weighted by Gasteiger charge is 2.28. The third kappa shape index (κ3) is 6.82. The smallest absolute Gasteiger partial charge is 0.159 e. The highest BCUT2D eigenvalue weighted by molar-refractivity contribution is 6.12. The first kappa shape index (κ1) is 39.1. The van der Waals surface area contributed by atoms with Crippen LogP contribution in [-0.4, -0.2) is 39.5 Å². The highest BCUT2D eigenvalue weighted by atomic mass is 15.0. The lowest BCUT2D eigenvalue weighted by Gasteiger charge is -2.16. The van der Waals surface area contributed by atoms with E-state index in [1.54, 1.807) is 0 Å². The van der Waals surface area contributed by atoms with Crippen molar-refractivity contribution in [1.82, 2.24) is 39.5 Å². The van der Waals surface area contributed by atoms with Gasteiger partial charge in [0.2, 0.25) is 0 Å². The van der Waals surface area contributed by atoms with Crippen LogP contribution in [0.2, 0.25) is 0 Å². The van der Waals surface area contributed by atoms with Crippen LogP contribution in [0.3, 0.4) is 0 Å². The summed E-state index contributed by atoms with van der Waals surface area (Å²) in [6.45, 7) is 0. The van der Waals surface area contributed by atoms with Gasteiger partial charge in [0.15, 0.2) is 11.6 Å². The Morgan fingerprint density at radius 1 is 0.338 bits per heavy atom. The molecule has 6 aromatic heterocycles. The predicted octanol–water partition coefficient (Wildman–Crippen LogP) is 13.8. The zero-order valence-electron chi connectivity index (χ0n) is 36.6. The highest BCUT2D eigenvalue weighted by Crippen LogP contribution is 2.49. The second-order valence-corrected chi connectivity index (χ2v) is 17.0. The first-order valence-electron chi connectivity index (χ1n) is 22.6. The molecule has 1 aliphatic carbocycles. The molecular weight excluding hydrogens is 833 g/mol. The van der Waals surface area contributed by atoms with Crippen LogP contribution in [0.25, 0.3) is 117 Å². The topological polar surface area (TPSA) is 95.2 Å². The predicted molar refractivity (Wildman–Crippen MR) is 272 cm³/mol. The van der Waals surface area contributed by atoms with E-state index in [4.69, 9.17) is 19.9 Å². The number of hydrogen-bond acceptors (Lipinski definition) is 7. The molecule has 0 radical (unpaired) electrons. The van der Waals surface area contributed by atoms with Gasteiger partial charge in [-0.2, -0.15) is 0 Å². The fraction of sp³-hybridized carbons (Fsp3) is 0.0167. The fourth-order valence-electron chi connectivity index (χ4n) is 9.87. The summed E-state index contributed by atoms with van der Waals surface area (Å²) in [7, 11) is 0. The van der Waals surface area contributed by atoms with Gasteiger partial charge in [0, 0.05) is 105 Å². The van der Waals surface area contributed by atoms with E-state index in [0.717, 1.165) is 95.4 Å². The fourth-order valence-corrected chi connectivity index (χ4v) is 9.87. The van der Waals surface area contributed by atoms with Crippen LogP contribution in [0.15, 0.2) is 219 Å². The first-order chi connectivity index (χ1) is 33.7. The number of hydrogen-bond donors (Lipinski definition) is 0. The molecule has 0 amide bonds. The van der Waals surface area contributed by atoms with E-state index >= 15 is 0 Å². The van der Waals surface area contributed by atoms with Crippen molar-refractivity contribution in [3.8, 4) is 95.5 Å². The summed E-state index contributed by atoms with van der Waals surface area (Å²) in [5, 5.41) is 2.13. The maximum atomic E-state index is 5.08. The minimum atomic E-state index is 0.658. The molecule has 0 spiro atoms. The van der Waals surface area contributed by atoms with Gasteiger partial charge in [0.05, 0.1) is 22.4 Å². The molecule has 318 valence electrons. The van der Waals surface area contributed by atoms with Gasteiger partial charge in [0.25, 0.3) is 0 Å². The summed E-state index contributed by atoms with van der Waals surface area (Å²) in [5.74, 6) is 1.32. The van der Waals surface area contributed by atoms with Crippen LogP contribution in [-0.2, 0) is 6.42 Å². The van der Waals surface area contributed by atoms with Crippen LogP contribution in [0, 0.1) is 0 Å². The van der Waals surface area contributed by atoms with Gasteiger partial charge in [-0.15, -0.1) is 0 Å². The van der Waals surface area contributed by atoms with Crippen molar-refractivity contribution >= 4 is 21.8 Å². The largest absolute Gasteiger partial charge is 0.309 e. The van der Waals surface area contributed by atoms with Crippen molar-refractivity contribution in [2.45, 2.75) is 6.42 Å². The Kier molecular flexibility index (Phi) is 9.38. The number of fused-ring (bicyclic) bond motifs is 6. The third-order valence-electron chi connectivity index (χ3n) is 13.1. The molecule has 1 aliphatic rings. The molecule has 0 atom stereocenters. The number of nitrogens with zero attached hydrogens (tertiary/aromatic N) is 8. The summed E-state index contributed by atoms with van der Waals surface area (Å²) in [6.07, 6.45) is 15.8. The second-order valence-electron chi connectivity index (χ2n) is 17.0. The van der Waals surface area contributed by atoms with Crippen molar-refractivity contribution < 1.29 is 0 Å². The van der Waals surface area contributed by atoms with Crippen molar-refractivity contribution in [3.05, 3.63) is 231 Å². The minimum Gasteiger partial charge on any atom is -0.309 e. The molecule has 12 aromatic rings. The Morgan fingerprint density at radius 2 is 0.794 bits per heavy atom. The molecule has 0 aliphatic heterocycles.